The Morgan fingerprint density at radius 2 is 1.85 bits per heavy atom. The highest BCUT2D eigenvalue weighted by molar-refractivity contribution is 6.07. The van der Waals surface area contributed by atoms with Crippen molar-refractivity contribution in [1.82, 2.24) is 15.0 Å². The molecule has 10 heteroatoms. The van der Waals surface area contributed by atoms with Crippen LogP contribution in [0.5, 0.6) is 5.75 Å². The van der Waals surface area contributed by atoms with E-state index in [2.05, 4.69) is 10.3 Å². The largest absolute Gasteiger partial charge is 0.497 e. The number of benzene rings is 3. The molecule has 1 aromatic heterocycles. The van der Waals surface area contributed by atoms with Crippen LogP contribution in [0.25, 0.3) is 0 Å². The van der Waals surface area contributed by atoms with Gasteiger partial charge in [-0.15, -0.1) is 5.10 Å². The number of nitrogens with zero attached hydrogens (tertiary/aromatic N) is 5. The number of aryl methyl sites for hydroxylation is 1. The molecule has 6 rings (SSSR count). The number of aliphatic hydroxyl groups excluding tert-OH is 1. The van der Waals surface area contributed by atoms with E-state index in [1.54, 1.807) is 33.7 Å². The Labute approximate surface area is 268 Å². The Balaban J connectivity index is 1.15. The maximum absolute atomic E-state index is 14.0. The first-order chi connectivity index (χ1) is 22.3. The number of carbonyl (C=O) groups is 2. The van der Waals surface area contributed by atoms with Crippen LogP contribution in [0.3, 0.4) is 0 Å². The van der Waals surface area contributed by atoms with Gasteiger partial charge in [-0.1, -0.05) is 66.8 Å². The third-order valence-electron chi connectivity index (χ3n) is 9.04. The van der Waals surface area contributed by atoms with Crippen LogP contribution in [0.2, 0.25) is 0 Å². The predicted molar refractivity (Wildman–Crippen MR) is 174 cm³/mol. The van der Waals surface area contributed by atoms with Crippen molar-refractivity contribution in [3.05, 3.63) is 114 Å². The lowest BCUT2D eigenvalue weighted by atomic mass is 9.83. The number of hydrogen-bond donors (Lipinski definition) is 2. The molecule has 0 aliphatic carbocycles. The first-order valence-electron chi connectivity index (χ1n) is 15.7. The number of methoxy groups -OCH3 is 1. The molecule has 2 aliphatic rings. The quantitative estimate of drug-likeness (QED) is 0.223. The van der Waals surface area contributed by atoms with Crippen LogP contribution in [0.1, 0.15) is 54.5 Å². The number of aromatic nitrogens is 3. The second-order valence-electron chi connectivity index (χ2n) is 11.9. The van der Waals surface area contributed by atoms with Gasteiger partial charge in [-0.25, -0.2) is 0 Å². The number of anilines is 2. The first-order valence-corrected chi connectivity index (χ1v) is 15.7. The number of allylic oxidation sites excluding steroid dienone is 1. The van der Waals surface area contributed by atoms with E-state index in [9.17, 15) is 19.8 Å². The van der Waals surface area contributed by atoms with Crippen LogP contribution in [0.15, 0.2) is 91.1 Å². The first kappa shape index (κ1) is 31.2. The maximum Gasteiger partial charge on any atom is 0.264 e. The third-order valence-corrected chi connectivity index (χ3v) is 9.04. The lowest BCUT2D eigenvalue weighted by Crippen LogP contribution is -2.44. The maximum atomic E-state index is 14.0. The summed E-state index contributed by atoms with van der Waals surface area (Å²) >= 11 is 0. The molecule has 2 amide bonds. The molecule has 0 saturated carbocycles. The lowest BCUT2D eigenvalue weighted by molar-refractivity contribution is -0.139. The van der Waals surface area contributed by atoms with Gasteiger partial charge in [0.2, 0.25) is 5.91 Å². The second kappa shape index (κ2) is 13.3. The van der Waals surface area contributed by atoms with Gasteiger partial charge in [-0.2, -0.15) is 0 Å². The molecule has 0 bridgehead atoms. The van der Waals surface area contributed by atoms with Crippen LogP contribution >= 0.6 is 0 Å². The SMILES string of the molecule is COc1ccc2c(c1)[C@@](O)([C@H](C)/C=C/CCn1cc(C(CO)c3ccccc3)nn1)C(=O)N2Cc1ccc(N2CCCC2=O)cc1. The van der Waals surface area contributed by atoms with Crippen molar-refractivity contribution >= 4 is 23.2 Å². The van der Waals surface area contributed by atoms with Gasteiger partial charge in [0.1, 0.15) is 5.75 Å². The van der Waals surface area contributed by atoms with Crippen molar-refractivity contribution < 1.29 is 24.5 Å². The summed E-state index contributed by atoms with van der Waals surface area (Å²) in [7, 11) is 1.56. The Morgan fingerprint density at radius 3 is 2.54 bits per heavy atom. The zero-order valence-electron chi connectivity index (χ0n) is 26.1. The molecule has 3 atom stereocenters. The van der Waals surface area contributed by atoms with Gasteiger partial charge in [0.25, 0.3) is 5.91 Å². The van der Waals surface area contributed by atoms with Gasteiger partial charge in [-0.05, 0) is 54.3 Å². The number of rotatable bonds is 12. The predicted octanol–water partition coefficient (Wildman–Crippen LogP) is 4.55. The minimum Gasteiger partial charge on any atom is -0.497 e. The molecular weight excluding hydrogens is 582 g/mol. The minimum atomic E-state index is -1.78. The van der Waals surface area contributed by atoms with E-state index >= 15 is 0 Å². The molecule has 4 aromatic rings. The van der Waals surface area contributed by atoms with Gasteiger partial charge >= 0.3 is 0 Å². The Hall–Kier alpha value is -4.80. The highest BCUT2D eigenvalue weighted by Crippen LogP contribution is 2.47. The van der Waals surface area contributed by atoms with E-state index in [1.165, 1.54) is 0 Å². The number of ether oxygens (including phenoxy) is 1. The summed E-state index contributed by atoms with van der Waals surface area (Å²) in [6.07, 6.45) is 7.68. The molecule has 3 aromatic carbocycles. The van der Waals surface area contributed by atoms with Crippen LogP contribution in [-0.4, -0.2) is 57.3 Å². The molecule has 1 fully saturated rings. The van der Waals surface area contributed by atoms with E-state index in [-0.39, 0.29) is 25.0 Å². The van der Waals surface area contributed by atoms with Crippen LogP contribution < -0.4 is 14.5 Å². The van der Waals surface area contributed by atoms with Crippen molar-refractivity contribution in [3.63, 3.8) is 0 Å². The smallest absolute Gasteiger partial charge is 0.264 e. The molecule has 2 N–H and O–H groups in total. The van der Waals surface area contributed by atoms with Gasteiger partial charge in [0.05, 0.1) is 37.6 Å². The number of carbonyl (C=O) groups excluding carboxylic acids is 2. The summed E-state index contributed by atoms with van der Waals surface area (Å²) in [4.78, 5) is 29.6. The topological polar surface area (TPSA) is 121 Å². The zero-order valence-corrected chi connectivity index (χ0v) is 26.1. The molecular formula is C36H39N5O5. The fourth-order valence-electron chi connectivity index (χ4n) is 6.38. The van der Waals surface area contributed by atoms with E-state index in [0.717, 1.165) is 29.8 Å². The summed E-state index contributed by atoms with van der Waals surface area (Å²) in [5.41, 5.74) is 2.77. The monoisotopic (exact) mass is 621 g/mol. The Bertz CT molecular complexity index is 1720. The van der Waals surface area contributed by atoms with Crippen molar-refractivity contribution in [2.45, 2.75) is 50.8 Å². The standard InChI is InChI=1S/C36H39N5O5/c1-25(9-6-7-19-39-23-32(37-38-39)30(24-42)27-10-4-3-5-11-27)36(45)31-21-29(46-2)17-18-33(31)41(35(36)44)22-26-13-15-28(16-14-26)40-20-8-12-34(40)43/h3-6,9-11,13-18,21,23,25,30,42,45H,7-8,12,19-20,22,24H2,1-2H3/b9-6+/t25-,30?,36+/m1/s1. The van der Waals surface area contributed by atoms with Crippen LogP contribution in [0.4, 0.5) is 11.4 Å². The van der Waals surface area contributed by atoms with Crippen molar-refractivity contribution in [2.24, 2.45) is 5.92 Å². The Morgan fingerprint density at radius 1 is 1.07 bits per heavy atom. The Kier molecular flexibility index (Phi) is 9.01. The van der Waals surface area contributed by atoms with Gasteiger partial charge < -0.3 is 24.7 Å². The molecule has 238 valence electrons. The van der Waals surface area contributed by atoms with Crippen molar-refractivity contribution in [1.29, 1.82) is 0 Å². The average molecular weight is 622 g/mol. The molecule has 1 saturated heterocycles. The van der Waals surface area contributed by atoms with Crippen molar-refractivity contribution in [3.8, 4) is 5.75 Å². The van der Waals surface area contributed by atoms with E-state index < -0.39 is 17.4 Å². The van der Waals surface area contributed by atoms with E-state index in [4.69, 9.17) is 4.74 Å². The molecule has 0 spiro atoms. The molecule has 1 unspecified atom stereocenters. The average Bonchev–Trinajstić information content (AvgIpc) is 3.79. The van der Waals surface area contributed by atoms with Gasteiger partial charge in [0.15, 0.2) is 5.60 Å². The molecule has 2 aliphatic heterocycles. The summed E-state index contributed by atoms with van der Waals surface area (Å²) in [6, 6.07) is 22.7. The third kappa shape index (κ3) is 5.93. The van der Waals surface area contributed by atoms with Crippen LogP contribution in [0, 0.1) is 5.92 Å². The molecule has 0 radical (unpaired) electrons. The summed E-state index contributed by atoms with van der Waals surface area (Å²) < 4.78 is 7.19. The minimum absolute atomic E-state index is 0.0685. The number of aliphatic hydroxyl groups is 2. The second-order valence-corrected chi connectivity index (χ2v) is 11.9. The summed E-state index contributed by atoms with van der Waals surface area (Å²) in [6.45, 7) is 3.31. The van der Waals surface area contributed by atoms with Gasteiger partial charge in [-0.3, -0.25) is 14.3 Å². The normalized spacial score (nSPS) is 19.2. The number of amides is 2. The number of fused-ring (bicyclic) bond motifs is 1. The highest BCUT2D eigenvalue weighted by atomic mass is 16.5. The zero-order chi connectivity index (χ0) is 32.3. The molecule has 10 nitrogen and oxygen atoms in total. The summed E-state index contributed by atoms with van der Waals surface area (Å²) in [5.74, 6) is -0.505. The molecule has 3 heterocycles. The van der Waals surface area contributed by atoms with Crippen molar-refractivity contribution in [2.75, 3.05) is 30.1 Å². The highest BCUT2D eigenvalue weighted by Gasteiger charge is 2.52. The fourth-order valence-corrected chi connectivity index (χ4v) is 6.38. The lowest BCUT2D eigenvalue weighted by Gasteiger charge is -2.28. The summed E-state index contributed by atoms with van der Waals surface area (Å²) in [5, 5.41) is 30.6. The molecule has 46 heavy (non-hydrogen) atoms. The fraction of sp³-hybridized carbons (Fsp3) is 0.333. The van der Waals surface area contributed by atoms with E-state index in [0.29, 0.717) is 42.1 Å². The van der Waals surface area contributed by atoms with Crippen LogP contribution in [-0.2, 0) is 28.3 Å². The van der Waals surface area contributed by atoms with Gasteiger partial charge in [0, 0.05) is 42.9 Å². The number of hydrogen-bond acceptors (Lipinski definition) is 7. The van der Waals surface area contributed by atoms with E-state index in [1.807, 2.05) is 85.9 Å².